The van der Waals surface area contributed by atoms with Crippen LogP contribution in [-0.4, -0.2) is 24.3 Å². The molecule has 0 aromatic heterocycles. The smallest absolute Gasteiger partial charge is 0.229 e. The predicted octanol–water partition coefficient (Wildman–Crippen LogP) is 3.60. The maximum Gasteiger partial charge on any atom is 0.229 e. The van der Waals surface area contributed by atoms with Crippen LogP contribution in [-0.2, 0) is 14.4 Å². The van der Waals surface area contributed by atoms with Crippen molar-refractivity contribution in [3.05, 3.63) is 53.1 Å². The molecule has 140 valence electrons. The van der Waals surface area contributed by atoms with E-state index in [1.165, 1.54) is 6.92 Å². The van der Waals surface area contributed by atoms with Gasteiger partial charge in [-0.2, -0.15) is 0 Å². The summed E-state index contributed by atoms with van der Waals surface area (Å²) in [7, 11) is 0. The summed E-state index contributed by atoms with van der Waals surface area (Å²) in [4.78, 5) is 37.6. The van der Waals surface area contributed by atoms with Crippen LogP contribution in [0.2, 0.25) is 5.02 Å². The van der Waals surface area contributed by atoms with Gasteiger partial charge in [-0.1, -0.05) is 11.6 Å². The molecule has 3 amide bonds. The molecule has 2 N–H and O–H groups in total. The summed E-state index contributed by atoms with van der Waals surface area (Å²) in [5, 5.41) is 6.11. The number of hydrogen-bond acceptors (Lipinski definition) is 3. The fourth-order valence-electron chi connectivity index (χ4n) is 3.12. The van der Waals surface area contributed by atoms with Gasteiger partial charge < -0.3 is 15.5 Å². The molecule has 1 saturated heterocycles. The zero-order valence-corrected chi connectivity index (χ0v) is 15.8. The Labute approximate surface area is 162 Å². The van der Waals surface area contributed by atoms with Crippen LogP contribution in [0.1, 0.15) is 18.9 Å². The van der Waals surface area contributed by atoms with E-state index in [1.807, 2.05) is 6.92 Å². The molecule has 2 aromatic rings. The minimum Gasteiger partial charge on any atom is -0.326 e. The molecular formula is C20H20ClN3O3. The summed E-state index contributed by atoms with van der Waals surface area (Å²) in [5.74, 6) is -0.872. The van der Waals surface area contributed by atoms with Gasteiger partial charge in [0.15, 0.2) is 0 Å². The number of carbonyl (C=O) groups excluding carboxylic acids is 3. The Bertz CT molecular complexity index is 896. The zero-order valence-electron chi connectivity index (χ0n) is 15.1. The molecule has 3 rings (SSSR count). The van der Waals surface area contributed by atoms with Crippen LogP contribution in [0.3, 0.4) is 0 Å². The van der Waals surface area contributed by atoms with Crippen molar-refractivity contribution in [2.24, 2.45) is 5.92 Å². The molecule has 0 aliphatic carbocycles. The quantitative estimate of drug-likeness (QED) is 0.844. The summed E-state index contributed by atoms with van der Waals surface area (Å²) in [6, 6.07) is 12.2. The predicted molar refractivity (Wildman–Crippen MR) is 106 cm³/mol. The van der Waals surface area contributed by atoms with Gasteiger partial charge >= 0.3 is 0 Å². The van der Waals surface area contributed by atoms with E-state index < -0.39 is 5.92 Å². The highest BCUT2D eigenvalue weighted by Crippen LogP contribution is 2.30. The summed E-state index contributed by atoms with van der Waals surface area (Å²) in [5.41, 5.74) is 2.94. The van der Waals surface area contributed by atoms with E-state index in [0.717, 1.165) is 11.3 Å². The van der Waals surface area contributed by atoms with Gasteiger partial charge in [0.1, 0.15) is 0 Å². The Kier molecular flexibility index (Phi) is 5.46. The largest absolute Gasteiger partial charge is 0.326 e. The molecule has 27 heavy (non-hydrogen) atoms. The number of nitrogens with zero attached hydrogens (tertiary/aromatic N) is 1. The summed E-state index contributed by atoms with van der Waals surface area (Å²) in [6.45, 7) is 3.65. The summed E-state index contributed by atoms with van der Waals surface area (Å²) in [6.07, 6.45) is 0.165. The van der Waals surface area contributed by atoms with Crippen molar-refractivity contribution in [3.63, 3.8) is 0 Å². The molecule has 0 radical (unpaired) electrons. The lowest BCUT2D eigenvalue weighted by molar-refractivity contribution is -0.122. The van der Waals surface area contributed by atoms with Crippen LogP contribution in [0.5, 0.6) is 0 Å². The van der Waals surface area contributed by atoms with E-state index in [4.69, 9.17) is 11.6 Å². The number of amides is 3. The van der Waals surface area contributed by atoms with Gasteiger partial charge in [-0.15, -0.1) is 0 Å². The first kappa shape index (κ1) is 18.9. The normalized spacial score (nSPS) is 16.3. The van der Waals surface area contributed by atoms with Crippen molar-refractivity contribution in [2.75, 3.05) is 22.1 Å². The standard InChI is InChI=1S/C20H20ClN3O3/c1-12-9-15(21)3-8-18(12)24-11-14(10-19(24)26)20(27)23-17-6-4-16(5-7-17)22-13(2)25/h3-9,14H,10-11H2,1-2H3,(H,22,25)(H,23,27). The van der Waals surface area contributed by atoms with Crippen LogP contribution in [0.15, 0.2) is 42.5 Å². The Morgan fingerprint density at radius 2 is 1.70 bits per heavy atom. The van der Waals surface area contributed by atoms with E-state index in [9.17, 15) is 14.4 Å². The highest BCUT2D eigenvalue weighted by molar-refractivity contribution is 6.30. The first-order chi connectivity index (χ1) is 12.8. The first-order valence-electron chi connectivity index (χ1n) is 8.58. The number of carbonyl (C=O) groups is 3. The molecule has 2 aromatic carbocycles. The van der Waals surface area contributed by atoms with Crippen LogP contribution in [0.25, 0.3) is 0 Å². The van der Waals surface area contributed by atoms with Crippen LogP contribution in [0, 0.1) is 12.8 Å². The summed E-state index contributed by atoms with van der Waals surface area (Å²) >= 11 is 5.98. The van der Waals surface area contributed by atoms with Gasteiger partial charge in [0.05, 0.1) is 5.92 Å². The third kappa shape index (κ3) is 4.46. The van der Waals surface area contributed by atoms with Crippen molar-refractivity contribution in [3.8, 4) is 0 Å². The van der Waals surface area contributed by atoms with Gasteiger partial charge in [-0.05, 0) is 55.0 Å². The molecular weight excluding hydrogens is 366 g/mol. The van der Waals surface area contributed by atoms with Gasteiger partial charge in [0, 0.05) is 42.0 Å². The van der Waals surface area contributed by atoms with E-state index in [0.29, 0.717) is 22.9 Å². The number of rotatable bonds is 4. The molecule has 1 atom stereocenters. The number of aryl methyl sites for hydroxylation is 1. The number of hydrogen-bond donors (Lipinski definition) is 2. The van der Waals surface area contributed by atoms with E-state index in [2.05, 4.69) is 10.6 Å². The SMILES string of the molecule is CC(=O)Nc1ccc(NC(=O)C2CC(=O)N(c3ccc(Cl)cc3C)C2)cc1. The minimum atomic E-state index is -0.428. The lowest BCUT2D eigenvalue weighted by Gasteiger charge is -2.19. The Morgan fingerprint density at radius 3 is 2.30 bits per heavy atom. The number of nitrogens with one attached hydrogen (secondary N) is 2. The van der Waals surface area contributed by atoms with Crippen molar-refractivity contribution < 1.29 is 14.4 Å². The molecule has 6 nitrogen and oxygen atoms in total. The number of benzene rings is 2. The lowest BCUT2D eigenvalue weighted by Crippen LogP contribution is -2.28. The summed E-state index contributed by atoms with van der Waals surface area (Å²) < 4.78 is 0. The van der Waals surface area contributed by atoms with E-state index in [1.54, 1.807) is 47.4 Å². The van der Waals surface area contributed by atoms with Crippen LogP contribution >= 0.6 is 11.6 Å². The molecule has 1 heterocycles. The second-order valence-corrected chi connectivity index (χ2v) is 7.02. The maximum absolute atomic E-state index is 12.6. The van der Waals surface area contributed by atoms with Gasteiger partial charge in [-0.3, -0.25) is 14.4 Å². The van der Waals surface area contributed by atoms with Crippen LogP contribution < -0.4 is 15.5 Å². The Hall–Kier alpha value is -2.86. The van der Waals surface area contributed by atoms with Gasteiger partial charge in [0.2, 0.25) is 17.7 Å². The Morgan fingerprint density at radius 1 is 1.07 bits per heavy atom. The molecule has 1 fully saturated rings. The van der Waals surface area contributed by atoms with Crippen molar-refractivity contribution >= 4 is 46.4 Å². The molecule has 0 saturated carbocycles. The molecule has 0 bridgehead atoms. The van der Waals surface area contributed by atoms with E-state index >= 15 is 0 Å². The fraction of sp³-hybridized carbons (Fsp3) is 0.250. The molecule has 0 spiro atoms. The fourth-order valence-corrected chi connectivity index (χ4v) is 3.35. The average molecular weight is 386 g/mol. The molecule has 1 unspecified atom stereocenters. The minimum absolute atomic E-state index is 0.0819. The monoisotopic (exact) mass is 385 g/mol. The van der Waals surface area contributed by atoms with E-state index in [-0.39, 0.29) is 24.1 Å². The molecule has 1 aliphatic heterocycles. The van der Waals surface area contributed by atoms with Crippen molar-refractivity contribution in [2.45, 2.75) is 20.3 Å². The number of anilines is 3. The zero-order chi connectivity index (χ0) is 19.6. The third-order valence-electron chi connectivity index (χ3n) is 4.42. The lowest BCUT2D eigenvalue weighted by atomic mass is 10.1. The highest BCUT2D eigenvalue weighted by Gasteiger charge is 2.35. The third-order valence-corrected chi connectivity index (χ3v) is 4.65. The topological polar surface area (TPSA) is 78.5 Å². The second-order valence-electron chi connectivity index (χ2n) is 6.58. The van der Waals surface area contributed by atoms with Crippen molar-refractivity contribution in [1.82, 2.24) is 0 Å². The highest BCUT2D eigenvalue weighted by atomic mass is 35.5. The van der Waals surface area contributed by atoms with Gasteiger partial charge in [-0.25, -0.2) is 0 Å². The maximum atomic E-state index is 12.6. The van der Waals surface area contributed by atoms with Gasteiger partial charge in [0.25, 0.3) is 0 Å². The first-order valence-corrected chi connectivity index (χ1v) is 8.96. The Balaban J connectivity index is 1.66. The molecule has 1 aliphatic rings. The average Bonchev–Trinajstić information content (AvgIpc) is 2.98. The second kappa shape index (κ2) is 7.80. The van der Waals surface area contributed by atoms with Crippen molar-refractivity contribution in [1.29, 1.82) is 0 Å². The van der Waals surface area contributed by atoms with Crippen LogP contribution in [0.4, 0.5) is 17.1 Å². The number of halogens is 1. The molecule has 7 heteroatoms.